The Bertz CT molecular complexity index is 317. The van der Waals surface area contributed by atoms with Crippen molar-refractivity contribution in [1.29, 1.82) is 0 Å². The smallest absolute Gasteiger partial charge is 0.276 e. The van der Waals surface area contributed by atoms with Crippen LogP contribution in [0.25, 0.3) is 0 Å². The van der Waals surface area contributed by atoms with Crippen LogP contribution in [-0.4, -0.2) is 9.97 Å². The third-order valence-electron chi connectivity index (χ3n) is 1.37. The minimum atomic E-state index is -0.366. The van der Waals surface area contributed by atoms with Crippen molar-refractivity contribution in [2.24, 2.45) is 0 Å². The van der Waals surface area contributed by atoms with Crippen LogP contribution in [0.15, 0.2) is 4.79 Å². The van der Waals surface area contributed by atoms with Crippen molar-refractivity contribution in [2.75, 3.05) is 11.5 Å². The van der Waals surface area contributed by atoms with Crippen LogP contribution in [0.3, 0.4) is 0 Å². The molecule has 0 saturated heterocycles. The van der Waals surface area contributed by atoms with Gasteiger partial charge in [0, 0.05) is 6.42 Å². The van der Waals surface area contributed by atoms with Crippen LogP contribution >= 0.6 is 0 Å². The number of nitrogens with two attached hydrogens (primary N) is 2. The lowest BCUT2D eigenvalue weighted by molar-refractivity contribution is 0.929. The average molecular weight is 154 g/mol. The number of hydrogen-bond donors (Lipinski definition) is 3. The first kappa shape index (κ1) is 7.59. The van der Waals surface area contributed by atoms with Crippen molar-refractivity contribution in [3.63, 3.8) is 0 Å². The van der Waals surface area contributed by atoms with Crippen LogP contribution in [0.5, 0.6) is 0 Å². The quantitative estimate of drug-likeness (QED) is 0.507. The highest BCUT2D eigenvalue weighted by Crippen LogP contribution is 2.02. The van der Waals surface area contributed by atoms with Gasteiger partial charge in [-0.05, 0) is 0 Å². The predicted octanol–water partition coefficient (Wildman–Crippen LogP) is -0.503. The number of H-pyrrole nitrogens is 1. The fraction of sp³-hybridized carbons (Fsp3) is 0.333. The monoisotopic (exact) mass is 154 g/mol. The van der Waals surface area contributed by atoms with E-state index in [9.17, 15) is 4.79 Å². The molecule has 5 nitrogen and oxygen atoms in total. The molecule has 5 heteroatoms. The molecule has 1 heterocycles. The third-order valence-corrected chi connectivity index (χ3v) is 1.37. The van der Waals surface area contributed by atoms with Crippen molar-refractivity contribution in [3.05, 3.63) is 16.2 Å². The maximum atomic E-state index is 10.9. The lowest BCUT2D eigenvalue weighted by Gasteiger charge is -1.99. The Morgan fingerprint density at radius 3 is 2.64 bits per heavy atom. The van der Waals surface area contributed by atoms with E-state index in [0.29, 0.717) is 12.2 Å². The molecule has 5 N–H and O–H groups in total. The molecule has 0 aliphatic rings. The van der Waals surface area contributed by atoms with Crippen LogP contribution in [0.2, 0.25) is 0 Å². The van der Waals surface area contributed by atoms with Crippen LogP contribution in [0.1, 0.15) is 12.7 Å². The van der Waals surface area contributed by atoms with E-state index < -0.39 is 0 Å². The fourth-order valence-electron chi connectivity index (χ4n) is 0.716. The molecule has 0 spiro atoms. The van der Waals surface area contributed by atoms with Gasteiger partial charge in [-0.15, -0.1) is 0 Å². The Hall–Kier alpha value is -1.52. The highest BCUT2D eigenvalue weighted by atomic mass is 16.1. The molecule has 0 saturated carbocycles. The first-order chi connectivity index (χ1) is 5.15. The number of nitrogens with one attached hydrogen (secondary N) is 1. The van der Waals surface area contributed by atoms with Gasteiger partial charge in [0.05, 0.1) is 0 Å². The summed E-state index contributed by atoms with van der Waals surface area (Å²) in [6.45, 7) is 1.87. The fourth-order valence-corrected chi connectivity index (χ4v) is 0.716. The number of nitrogens with zero attached hydrogens (tertiary/aromatic N) is 1. The predicted molar refractivity (Wildman–Crippen MR) is 43.1 cm³/mol. The first-order valence-electron chi connectivity index (χ1n) is 3.29. The van der Waals surface area contributed by atoms with E-state index in [4.69, 9.17) is 11.5 Å². The Morgan fingerprint density at radius 2 is 2.18 bits per heavy atom. The van der Waals surface area contributed by atoms with Gasteiger partial charge in [-0.3, -0.25) is 4.79 Å². The number of aromatic amines is 1. The number of aryl methyl sites for hydroxylation is 1. The first-order valence-corrected chi connectivity index (χ1v) is 3.29. The molecule has 1 aromatic heterocycles. The maximum absolute atomic E-state index is 10.9. The summed E-state index contributed by atoms with van der Waals surface area (Å²) in [5, 5.41) is 0. The molecule has 0 fully saturated rings. The van der Waals surface area contributed by atoms with Crippen LogP contribution in [0, 0.1) is 0 Å². The summed E-state index contributed by atoms with van der Waals surface area (Å²) < 4.78 is 0. The Kier molecular flexibility index (Phi) is 1.80. The minimum Gasteiger partial charge on any atom is -0.391 e. The van der Waals surface area contributed by atoms with E-state index in [1.807, 2.05) is 6.92 Å². The number of nitrogen functional groups attached to an aromatic ring is 2. The molecule has 0 aliphatic heterocycles. The van der Waals surface area contributed by atoms with E-state index >= 15 is 0 Å². The van der Waals surface area contributed by atoms with Gasteiger partial charge in [0.1, 0.15) is 11.5 Å². The number of anilines is 2. The molecule has 0 radical (unpaired) electrons. The average Bonchev–Trinajstić information content (AvgIpc) is 1.99. The number of hydrogen-bond acceptors (Lipinski definition) is 4. The second-order valence-electron chi connectivity index (χ2n) is 2.17. The summed E-state index contributed by atoms with van der Waals surface area (Å²) in [6.07, 6.45) is 0.639. The summed E-state index contributed by atoms with van der Waals surface area (Å²) >= 11 is 0. The van der Waals surface area contributed by atoms with E-state index in [1.165, 1.54) is 0 Å². The number of aromatic nitrogens is 2. The summed E-state index contributed by atoms with van der Waals surface area (Å²) in [5.41, 5.74) is 10.2. The molecule has 1 aromatic rings. The highest BCUT2D eigenvalue weighted by molar-refractivity contribution is 5.55. The standard InChI is InChI=1S/C6H10N4O/c1-2-3-9-5(8)4(7)6(11)10-3/h2,7H2,1H3,(H3,8,9,10,11). The van der Waals surface area contributed by atoms with Gasteiger partial charge in [-0.1, -0.05) is 6.92 Å². The van der Waals surface area contributed by atoms with Gasteiger partial charge in [0.15, 0.2) is 5.82 Å². The second-order valence-corrected chi connectivity index (χ2v) is 2.17. The SMILES string of the molecule is CCc1nc(N)c(N)c(=O)[nH]1. The van der Waals surface area contributed by atoms with Crippen molar-refractivity contribution in [3.8, 4) is 0 Å². The largest absolute Gasteiger partial charge is 0.391 e. The molecule has 11 heavy (non-hydrogen) atoms. The maximum Gasteiger partial charge on any atom is 0.276 e. The molecule has 60 valence electrons. The van der Waals surface area contributed by atoms with E-state index in [1.54, 1.807) is 0 Å². The van der Waals surface area contributed by atoms with Gasteiger partial charge in [-0.25, -0.2) is 4.98 Å². The lowest BCUT2D eigenvalue weighted by atomic mass is 10.4. The van der Waals surface area contributed by atoms with Crippen molar-refractivity contribution >= 4 is 11.5 Å². The normalized spacial score (nSPS) is 9.91. The summed E-state index contributed by atoms with van der Waals surface area (Å²) in [4.78, 5) is 17.3. The molecule has 0 aromatic carbocycles. The van der Waals surface area contributed by atoms with Crippen LogP contribution < -0.4 is 17.0 Å². The number of rotatable bonds is 1. The van der Waals surface area contributed by atoms with Gasteiger partial charge in [-0.2, -0.15) is 0 Å². The molecule has 0 aliphatic carbocycles. The Morgan fingerprint density at radius 1 is 1.55 bits per heavy atom. The van der Waals surface area contributed by atoms with E-state index in [-0.39, 0.29) is 17.1 Å². The van der Waals surface area contributed by atoms with Gasteiger partial charge >= 0.3 is 0 Å². The van der Waals surface area contributed by atoms with E-state index in [2.05, 4.69) is 9.97 Å². The molecule has 1 rings (SSSR count). The zero-order valence-electron chi connectivity index (χ0n) is 6.22. The van der Waals surface area contributed by atoms with Gasteiger partial charge in [0.25, 0.3) is 5.56 Å². The molecular formula is C6H10N4O. The lowest BCUT2D eigenvalue weighted by Crippen LogP contribution is -2.18. The molecule has 0 amide bonds. The Labute approximate surface area is 63.4 Å². The van der Waals surface area contributed by atoms with Crippen LogP contribution in [-0.2, 0) is 6.42 Å². The molecule has 0 unspecified atom stereocenters. The van der Waals surface area contributed by atoms with Crippen LogP contribution in [0.4, 0.5) is 11.5 Å². The zero-order valence-corrected chi connectivity index (χ0v) is 6.22. The van der Waals surface area contributed by atoms with Crippen molar-refractivity contribution in [2.45, 2.75) is 13.3 Å². The topological polar surface area (TPSA) is 97.8 Å². The van der Waals surface area contributed by atoms with Crippen molar-refractivity contribution < 1.29 is 0 Å². The summed E-state index contributed by atoms with van der Waals surface area (Å²) in [6, 6.07) is 0. The van der Waals surface area contributed by atoms with Gasteiger partial charge in [0.2, 0.25) is 0 Å². The molecule has 0 atom stereocenters. The Balaban J connectivity index is 3.32. The van der Waals surface area contributed by atoms with Crippen molar-refractivity contribution in [1.82, 2.24) is 9.97 Å². The highest BCUT2D eigenvalue weighted by Gasteiger charge is 2.02. The molecular weight excluding hydrogens is 144 g/mol. The zero-order chi connectivity index (χ0) is 8.43. The van der Waals surface area contributed by atoms with Gasteiger partial charge < -0.3 is 16.5 Å². The second kappa shape index (κ2) is 2.61. The van der Waals surface area contributed by atoms with E-state index in [0.717, 1.165) is 0 Å². The summed E-state index contributed by atoms with van der Waals surface area (Å²) in [5.74, 6) is 0.660. The minimum absolute atomic E-state index is 0.0119. The molecule has 0 bridgehead atoms. The third kappa shape index (κ3) is 1.31. The summed E-state index contributed by atoms with van der Waals surface area (Å²) in [7, 11) is 0.